The fourth-order valence-electron chi connectivity index (χ4n) is 4.19. The number of ether oxygens (including phenoxy) is 3. The van der Waals surface area contributed by atoms with Crippen LogP contribution in [-0.2, 0) is 11.4 Å². The molecule has 7 nitrogen and oxygen atoms in total. The maximum Gasteiger partial charge on any atom is 0.231 e. The fraction of sp³-hybridized carbons (Fsp3) is 0.296. The van der Waals surface area contributed by atoms with Crippen molar-refractivity contribution in [1.29, 1.82) is 0 Å². The Bertz CT molecular complexity index is 1170. The van der Waals surface area contributed by atoms with Crippen molar-refractivity contribution >= 4 is 17.3 Å². The third-order valence-corrected chi connectivity index (χ3v) is 6.28. The minimum absolute atomic E-state index is 0.153. The summed E-state index contributed by atoms with van der Waals surface area (Å²) in [5, 5.41) is 15.7. The molecule has 2 atom stereocenters. The van der Waals surface area contributed by atoms with E-state index in [1.807, 2.05) is 72.8 Å². The van der Waals surface area contributed by atoms with Crippen molar-refractivity contribution in [3.05, 3.63) is 88.9 Å². The van der Waals surface area contributed by atoms with Gasteiger partial charge in [0.25, 0.3) is 0 Å². The first-order valence-corrected chi connectivity index (χ1v) is 12.0. The number of fused-ring (bicyclic) bond motifs is 1. The first kappa shape index (κ1) is 23.5. The summed E-state index contributed by atoms with van der Waals surface area (Å²) in [5.74, 6) is 2.18. The molecule has 3 aromatic carbocycles. The van der Waals surface area contributed by atoms with Gasteiger partial charge >= 0.3 is 0 Å². The SMILES string of the molecule is O[C@@H](COc1ccccc1)CN(Cc1ccccc1Cl)C[C@@H]1CC(c2ccc3c(c2)OCO3)=NO1. The van der Waals surface area contributed by atoms with Crippen LogP contribution in [0, 0.1) is 0 Å². The van der Waals surface area contributed by atoms with Gasteiger partial charge in [-0.25, -0.2) is 0 Å². The molecular weight excluding hydrogens is 468 g/mol. The Morgan fingerprint density at radius 2 is 1.83 bits per heavy atom. The van der Waals surface area contributed by atoms with Crippen molar-refractivity contribution in [2.45, 2.75) is 25.2 Å². The van der Waals surface area contributed by atoms with Crippen molar-refractivity contribution in [1.82, 2.24) is 4.90 Å². The van der Waals surface area contributed by atoms with E-state index in [4.69, 9.17) is 30.6 Å². The van der Waals surface area contributed by atoms with Crippen LogP contribution < -0.4 is 14.2 Å². The second-order valence-corrected chi connectivity index (χ2v) is 9.01. The third-order valence-electron chi connectivity index (χ3n) is 5.91. The van der Waals surface area contributed by atoms with Crippen LogP contribution in [0.4, 0.5) is 0 Å². The zero-order valence-corrected chi connectivity index (χ0v) is 19.9. The van der Waals surface area contributed by atoms with Crippen molar-refractivity contribution in [2.24, 2.45) is 5.16 Å². The first-order chi connectivity index (χ1) is 17.1. The van der Waals surface area contributed by atoms with E-state index in [-0.39, 0.29) is 19.5 Å². The number of hydrogen-bond acceptors (Lipinski definition) is 7. The molecule has 0 unspecified atom stereocenters. The second kappa shape index (κ2) is 11.0. The van der Waals surface area contributed by atoms with E-state index in [0.717, 1.165) is 34.1 Å². The van der Waals surface area contributed by atoms with E-state index in [2.05, 4.69) is 10.1 Å². The second-order valence-electron chi connectivity index (χ2n) is 8.60. The zero-order chi connectivity index (χ0) is 24.0. The average molecular weight is 495 g/mol. The van der Waals surface area contributed by atoms with Crippen LogP contribution in [0.5, 0.6) is 17.2 Å². The lowest BCUT2D eigenvalue weighted by molar-refractivity contribution is 0.0213. The van der Waals surface area contributed by atoms with Gasteiger partial charge in [-0.3, -0.25) is 4.90 Å². The molecule has 2 aliphatic heterocycles. The van der Waals surface area contributed by atoms with Crippen LogP contribution in [0.2, 0.25) is 5.02 Å². The quantitative estimate of drug-likeness (QED) is 0.447. The summed E-state index contributed by atoms with van der Waals surface area (Å²) < 4.78 is 16.6. The van der Waals surface area contributed by atoms with Gasteiger partial charge in [0.2, 0.25) is 6.79 Å². The Kier molecular flexibility index (Phi) is 7.37. The van der Waals surface area contributed by atoms with Gasteiger partial charge in [0, 0.05) is 36.6 Å². The topological polar surface area (TPSA) is 72.8 Å². The van der Waals surface area contributed by atoms with Crippen LogP contribution in [-0.4, -0.2) is 54.4 Å². The Hall–Kier alpha value is -3.26. The Morgan fingerprint density at radius 3 is 2.69 bits per heavy atom. The number of aliphatic hydroxyl groups is 1. The van der Waals surface area contributed by atoms with E-state index in [1.54, 1.807) is 0 Å². The first-order valence-electron chi connectivity index (χ1n) is 11.6. The number of oxime groups is 1. The Labute approximate surface area is 209 Å². The lowest BCUT2D eigenvalue weighted by atomic mass is 10.0. The standard InChI is InChI=1S/C27H27ClN2O5/c28-24-9-5-4-6-20(24)14-30(15-21(31)17-32-22-7-2-1-3-8-22)16-23-13-25(29-35-23)19-10-11-26-27(12-19)34-18-33-26/h1-12,21,23,31H,13-18H2/t21-,23+/m1/s1. The fourth-order valence-corrected chi connectivity index (χ4v) is 4.39. The molecule has 5 rings (SSSR count). The molecular formula is C27H27ClN2O5. The molecule has 2 aliphatic rings. The molecule has 0 amide bonds. The molecule has 35 heavy (non-hydrogen) atoms. The predicted molar refractivity (Wildman–Crippen MR) is 133 cm³/mol. The van der Waals surface area contributed by atoms with Gasteiger partial charge in [-0.2, -0.15) is 0 Å². The van der Waals surface area contributed by atoms with Crippen molar-refractivity contribution in [2.75, 3.05) is 26.5 Å². The van der Waals surface area contributed by atoms with Gasteiger partial charge < -0.3 is 24.2 Å². The number of hydrogen-bond donors (Lipinski definition) is 1. The highest BCUT2D eigenvalue weighted by Crippen LogP contribution is 2.33. The Morgan fingerprint density at radius 1 is 1.03 bits per heavy atom. The van der Waals surface area contributed by atoms with Crippen molar-refractivity contribution in [3.63, 3.8) is 0 Å². The molecule has 0 bridgehead atoms. The minimum atomic E-state index is -0.687. The molecule has 0 saturated carbocycles. The number of nitrogens with zero attached hydrogens (tertiary/aromatic N) is 2. The molecule has 182 valence electrons. The highest BCUT2D eigenvalue weighted by Gasteiger charge is 2.27. The summed E-state index contributed by atoms with van der Waals surface area (Å²) in [5.41, 5.74) is 2.80. The van der Waals surface area contributed by atoms with Crippen LogP contribution in [0.15, 0.2) is 78.0 Å². The highest BCUT2D eigenvalue weighted by molar-refractivity contribution is 6.31. The minimum Gasteiger partial charge on any atom is -0.491 e. The molecule has 0 radical (unpaired) electrons. The van der Waals surface area contributed by atoms with Gasteiger partial charge in [-0.1, -0.05) is 53.2 Å². The third kappa shape index (κ3) is 6.06. The van der Waals surface area contributed by atoms with E-state index in [9.17, 15) is 5.11 Å². The van der Waals surface area contributed by atoms with E-state index in [1.165, 1.54) is 0 Å². The van der Waals surface area contributed by atoms with Gasteiger partial charge in [-0.05, 0) is 42.0 Å². The number of halogens is 1. The lowest BCUT2D eigenvalue weighted by Gasteiger charge is -2.27. The molecule has 8 heteroatoms. The maximum absolute atomic E-state index is 10.7. The molecule has 0 spiro atoms. The largest absolute Gasteiger partial charge is 0.491 e. The van der Waals surface area contributed by atoms with Gasteiger partial charge in [0.1, 0.15) is 24.6 Å². The molecule has 0 saturated heterocycles. The number of aliphatic hydroxyl groups excluding tert-OH is 1. The van der Waals surface area contributed by atoms with Crippen molar-refractivity contribution in [3.8, 4) is 17.2 Å². The van der Waals surface area contributed by atoms with Crippen LogP contribution in [0.3, 0.4) is 0 Å². The smallest absolute Gasteiger partial charge is 0.231 e. The molecule has 0 aromatic heterocycles. The van der Waals surface area contributed by atoms with Gasteiger partial charge in [-0.15, -0.1) is 0 Å². The van der Waals surface area contributed by atoms with Gasteiger partial charge in [0.15, 0.2) is 11.5 Å². The number of benzene rings is 3. The summed E-state index contributed by atoms with van der Waals surface area (Å²) in [4.78, 5) is 7.91. The molecule has 0 fully saturated rings. The maximum atomic E-state index is 10.7. The molecule has 1 N–H and O–H groups in total. The molecule has 0 aliphatic carbocycles. The molecule has 2 heterocycles. The average Bonchev–Trinajstić information content (AvgIpc) is 3.54. The van der Waals surface area contributed by atoms with Gasteiger partial charge in [0.05, 0.1) is 5.71 Å². The van der Waals surface area contributed by atoms with E-state index < -0.39 is 6.10 Å². The van der Waals surface area contributed by atoms with E-state index >= 15 is 0 Å². The number of para-hydroxylation sites is 1. The monoisotopic (exact) mass is 494 g/mol. The Balaban J connectivity index is 1.22. The lowest BCUT2D eigenvalue weighted by Crippen LogP contribution is -2.39. The van der Waals surface area contributed by atoms with Crippen molar-refractivity contribution < 1.29 is 24.2 Å². The summed E-state index contributed by atoms with van der Waals surface area (Å²) in [7, 11) is 0. The summed E-state index contributed by atoms with van der Waals surface area (Å²) >= 11 is 6.42. The van der Waals surface area contributed by atoms with Crippen LogP contribution in [0.1, 0.15) is 17.5 Å². The van der Waals surface area contributed by atoms with Crippen LogP contribution >= 0.6 is 11.6 Å². The highest BCUT2D eigenvalue weighted by atomic mass is 35.5. The summed E-state index contributed by atoms with van der Waals surface area (Å²) in [6, 6.07) is 23.0. The summed E-state index contributed by atoms with van der Waals surface area (Å²) in [6.07, 6.45) is -0.191. The molecule has 3 aromatic rings. The number of rotatable bonds is 10. The van der Waals surface area contributed by atoms with E-state index in [0.29, 0.717) is 31.1 Å². The normalized spacial score (nSPS) is 17.2. The van der Waals surface area contributed by atoms with Crippen LogP contribution in [0.25, 0.3) is 0 Å². The predicted octanol–water partition coefficient (Wildman–Crippen LogP) is 4.50. The summed E-state index contributed by atoms with van der Waals surface area (Å²) in [6.45, 7) is 1.97. The zero-order valence-electron chi connectivity index (χ0n) is 19.2.